The molecule has 1 aromatic carbocycles. The van der Waals surface area contributed by atoms with Crippen LogP contribution in [0.1, 0.15) is 122 Å². The standard InChI is InChI=1S/C31H51N3O9S/c1-2-3-4-5-6-7-8-9-10-11-12-13-14-15-24-32-29(35)22-23-30(36)43-28(31(37)38)17-16-25-33-44(41,42)27-20-18-26(19-21-27)34(39)40/h18-21,28,33H,2-17,22-25H2,1H3,(H,32,35)(H,37,38). The number of unbranched alkanes of at least 4 members (excludes halogenated alkanes) is 13. The molecule has 0 fully saturated rings. The summed E-state index contributed by atoms with van der Waals surface area (Å²) in [4.78, 5) is 45.5. The lowest BCUT2D eigenvalue weighted by molar-refractivity contribution is -0.384. The van der Waals surface area contributed by atoms with Crippen LogP contribution in [0, 0.1) is 10.1 Å². The topological polar surface area (TPSA) is 182 Å². The van der Waals surface area contributed by atoms with Crippen molar-refractivity contribution in [3.05, 3.63) is 34.4 Å². The molecule has 0 aliphatic carbocycles. The molecule has 13 heteroatoms. The number of nitrogens with zero attached hydrogens (tertiary/aromatic N) is 1. The monoisotopic (exact) mass is 641 g/mol. The smallest absolute Gasteiger partial charge is 0.345 e. The maximum Gasteiger partial charge on any atom is 0.345 e. The number of carboxylic acids is 1. The molecule has 0 saturated carbocycles. The predicted octanol–water partition coefficient (Wildman–Crippen LogP) is 6.03. The van der Waals surface area contributed by atoms with E-state index < -0.39 is 33.0 Å². The number of benzene rings is 1. The average molecular weight is 642 g/mol. The van der Waals surface area contributed by atoms with Gasteiger partial charge >= 0.3 is 11.9 Å². The maximum atomic E-state index is 12.3. The van der Waals surface area contributed by atoms with Gasteiger partial charge in [0.25, 0.3) is 5.69 Å². The SMILES string of the molecule is CCCCCCCCCCCCCCCCNC(=O)CCC(=O)OC(CCCNS(=O)(=O)c1ccc([N+](=O)[O-])cc1)C(=O)O. The van der Waals surface area contributed by atoms with Crippen LogP contribution in [0.15, 0.2) is 29.2 Å². The molecule has 1 amide bonds. The number of aliphatic carboxylic acids is 1. The maximum absolute atomic E-state index is 12.3. The minimum Gasteiger partial charge on any atom is -0.479 e. The van der Waals surface area contributed by atoms with E-state index in [1.807, 2.05) is 0 Å². The molecular formula is C31H51N3O9S. The Kier molecular flexibility index (Phi) is 20.7. The second kappa shape index (κ2) is 23.3. The second-order valence-corrected chi connectivity index (χ2v) is 12.8. The van der Waals surface area contributed by atoms with Crippen LogP contribution < -0.4 is 10.0 Å². The van der Waals surface area contributed by atoms with Crippen molar-refractivity contribution in [2.75, 3.05) is 13.1 Å². The van der Waals surface area contributed by atoms with Gasteiger partial charge in [-0.3, -0.25) is 19.7 Å². The van der Waals surface area contributed by atoms with Crippen molar-refractivity contribution >= 4 is 33.6 Å². The summed E-state index contributed by atoms with van der Waals surface area (Å²) >= 11 is 0. The van der Waals surface area contributed by atoms with Crippen molar-refractivity contribution < 1.29 is 37.6 Å². The zero-order chi connectivity index (χ0) is 32.6. The molecule has 44 heavy (non-hydrogen) atoms. The molecule has 1 unspecified atom stereocenters. The highest BCUT2D eigenvalue weighted by atomic mass is 32.2. The number of carboxylic acid groups (broad SMARTS) is 1. The molecule has 0 aliphatic heterocycles. The third-order valence-electron chi connectivity index (χ3n) is 7.25. The first-order valence-corrected chi connectivity index (χ1v) is 17.5. The summed E-state index contributed by atoms with van der Waals surface area (Å²) in [5, 5.41) is 22.9. The molecule has 3 N–H and O–H groups in total. The van der Waals surface area contributed by atoms with Crippen LogP contribution in [0.3, 0.4) is 0 Å². The van der Waals surface area contributed by atoms with Crippen molar-refractivity contribution in [2.24, 2.45) is 0 Å². The number of esters is 1. The molecule has 0 aliphatic rings. The van der Waals surface area contributed by atoms with Crippen molar-refractivity contribution in [1.82, 2.24) is 10.0 Å². The molecule has 0 spiro atoms. The van der Waals surface area contributed by atoms with E-state index in [-0.39, 0.29) is 48.7 Å². The number of nitro groups is 1. The van der Waals surface area contributed by atoms with E-state index in [0.29, 0.717) is 6.54 Å². The number of nitrogens with one attached hydrogen (secondary N) is 2. The summed E-state index contributed by atoms with van der Waals surface area (Å²) in [6.45, 7) is 2.63. The molecule has 12 nitrogen and oxygen atoms in total. The van der Waals surface area contributed by atoms with Gasteiger partial charge in [-0.25, -0.2) is 17.9 Å². The molecule has 1 aromatic rings. The van der Waals surface area contributed by atoms with E-state index in [9.17, 15) is 38.0 Å². The number of nitro benzene ring substituents is 1. The summed E-state index contributed by atoms with van der Waals surface area (Å²) in [5.74, 6) is -2.50. The van der Waals surface area contributed by atoms with E-state index in [2.05, 4.69) is 17.0 Å². The molecule has 0 heterocycles. The van der Waals surface area contributed by atoms with Gasteiger partial charge in [0, 0.05) is 31.6 Å². The van der Waals surface area contributed by atoms with Crippen LogP contribution in [-0.2, 0) is 29.1 Å². The number of rotatable bonds is 27. The molecule has 0 radical (unpaired) electrons. The Bertz CT molecular complexity index is 1100. The van der Waals surface area contributed by atoms with Crippen molar-refractivity contribution in [3.8, 4) is 0 Å². The highest BCUT2D eigenvalue weighted by Crippen LogP contribution is 2.16. The van der Waals surface area contributed by atoms with Crippen LogP contribution in [0.5, 0.6) is 0 Å². The fourth-order valence-corrected chi connectivity index (χ4v) is 5.70. The Morgan fingerprint density at radius 3 is 1.84 bits per heavy atom. The molecule has 1 rings (SSSR count). The first kappa shape index (κ1) is 39.0. The van der Waals surface area contributed by atoms with Crippen LogP contribution in [0.4, 0.5) is 5.69 Å². The first-order valence-electron chi connectivity index (χ1n) is 16.0. The minimum absolute atomic E-state index is 0.0517. The van der Waals surface area contributed by atoms with E-state index in [1.165, 1.54) is 70.6 Å². The lowest BCUT2D eigenvalue weighted by Crippen LogP contribution is -2.30. The van der Waals surface area contributed by atoms with E-state index in [1.54, 1.807) is 0 Å². The lowest BCUT2D eigenvalue weighted by atomic mass is 10.0. The van der Waals surface area contributed by atoms with Gasteiger partial charge in [-0.2, -0.15) is 0 Å². The minimum atomic E-state index is -3.96. The fraction of sp³-hybridized carbons (Fsp3) is 0.710. The molecule has 0 aromatic heterocycles. The van der Waals surface area contributed by atoms with E-state index >= 15 is 0 Å². The van der Waals surface area contributed by atoms with Crippen LogP contribution in [0.25, 0.3) is 0 Å². The van der Waals surface area contributed by atoms with Gasteiger partial charge in [0.05, 0.1) is 16.2 Å². The van der Waals surface area contributed by atoms with Gasteiger partial charge in [0.2, 0.25) is 15.9 Å². The van der Waals surface area contributed by atoms with Crippen molar-refractivity contribution in [1.29, 1.82) is 0 Å². The summed E-state index contributed by atoms with van der Waals surface area (Å²) in [7, 11) is -3.96. The van der Waals surface area contributed by atoms with Gasteiger partial charge in [0.1, 0.15) is 0 Å². The number of hydrogen-bond donors (Lipinski definition) is 3. The highest BCUT2D eigenvalue weighted by molar-refractivity contribution is 7.89. The van der Waals surface area contributed by atoms with Crippen LogP contribution in [0.2, 0.25) is 0 Å². The number of carbonyl (C=O) groups is 3. The Labute approximate surface area is 261 Å². The average Bonchev–Trinajstić information content (AvgIpc) is 2.99. The number of non-ortho nitro benzene ring substituents is 1. The first-order chi connectivity index (χ1) is 21.1. The molecule has 0 bridgehead atoms. The lowest BCUT2D eigenvalue weighted by Gasteiger charge is -2.14. The quantitative estimate of drug-likeness (QED) is 0.0447. The van der Waals surface area contributed by atoms with Crippen LogP contribution in [-0.4, -0.2) is 55.5 Å². The number of ether oxygens (including phenoxy) is 1. The number of sulfonamides is 1. The van der Waals surface area contributed by atoms with Gasteiger partial charge in [-0.15, -0.1) is 0 Å². The largest absolute Gasteiger partial charge is 0.479 e. The number of carbonyl (C=O) groups excluding carboxylic acids is 2. The van der Waals surface area contributed by atoms with Crippen molar-refractivity contribution in [3.63, 3.8) is 0 Å². The third-order valence-corrected chi connectivity index (χ3v) is 8.73. The summed E-state index contributed by atoms with van der Waals surface area (Å²) in [5.41, 5.74) is -0.252. The predicted molar refractivity (Wildman–Crippen MR) is 168 cm³/mol. The number of hydrogen-bond acceptors (Lipinski definition) is 8. The fourth-order valence-electron chi connectivity index (χ4n) is 4.63. The summed E-state index contributed by atoms with van der Waals surface area (Å²) in [6, 6.07) is 4.32. The second-order valence-electron chi connectivity index (χ2n) is 11.1. The molecule has 0 saturated heterocycles. The van der Waals surface area contributed by atoms with Gasteiger partial charge < -0.3 is 15.2 Å². The summed E-state index contributed by atoms with van der Waals surface area (Å²) in [6.07, 6.45) is 15.6. The zero-order valence-electron chi connectivity index (χ0n) is 26.1. The third kappa shape index (κ3) is 18.6. The Morgan fingerprint density at radius 2 is 1.34 bits per heavy atom. The van der Waals surface area contributed by atoms with E-state index in [0.717, 1.165) is 43.5 Å². The molecule has 250 valence electrons. The van der Waals surface area contributed by atoms with E-state index in [4.69, 9.17) is 4.74 Å². The van der Waals surface area contributed by atoms with Crippen molar-refractivity contribution in [2.45, 2.75) is 133 Å². The highest BCUT2D eigenvalue weighted by Gasteiger charge is 2.23. The number of amides is 1. The Hall–Kier alpha value is -3.06. The summed E-state index contributed by atoms with van der Waals surface area (Å²) < 4.78 is 31.9. The zero-order valence-corrected chi connectivity index (χ0v) is 26.9. The normalized spacial score (nSPS) is 12.0. The molecule has 1 atom stereocenters. The Morgan fingerprint density at radius 1 is 0.818 bits per heavy atom. The van der Waals surface area contributed by atoms with Gasteiger partial charge in [-0.1, -0.05) is 90.4 Å². The van der Waals surface area contributed by atoms with Gasteiger partial charge in [0.15, 0.2) is 6.10 Å². The van der Waals surface area contributed by atoms with Crippen LogP contribution >= 0.6 is 0 Å². The molecular weight excluding hydrogens is 590 g/mol. The Balaban J connectivity index is 2.12. The van der Waals surface area contributed by atoms with Gasteiger partial charge in [-0.05, 0) is 31.4 Å².